The molecule has 0 aliphatic carbocycles. The van der Waals surface area contributed by atoms with Gasteiger partial charge in [0.15, 0.2) is 5.16 Å². The van der Waals surface area contributed by atoms with Crippen molar-refractivity contribution < 1.29 is 4.79 Å². The zero-order chi connectivity index (χ0) is 18.4. The minimum Gasteiger partial charge on any atom is -0.342 e. The Kier molecular flexibility index (Phi) is 6.55. The van der Waals surface area contributed by atoms with Gasteiger partial charge >= 0.3 is 5.69 Å². The maximum atomic E-state index is 12.7. The Labute approximate surface area is 158 Å². The molecule has 2 aromatic rings. The summed E-state index contributed by atoms with van der Waals surface area (Å²) < 4.78 is 1.63. The van der Waals surface area contributed by atoms with Gasteiger partial charge in [-0.25, -0.2) is 9.89 Å². The third-order valence-electron chi connectivity index (χ3n) is 4.74. The number of carbonyl (C=O) groups is 1. The zero-order valence-corrected chi connectivity index (χ0v) is 16.0. The Morgan fingerprint density at radius 3 is 2.58 bits per heavy atom. The number of aromatic amines is 1. The maximum absolute atomic E-state index is 12.7. The third-order valence-corrected chi connectivity index (χ3v) is 5.82. The standard InChI is InChI=1S/C19H26N4O2S/c1-15(17(24)22-12-7-2-3-8-13-22)26-19-21-20-18(25)23(19)14-11-16-9-5-4-6-10-16/h4-6,9-10,15H,2-3,7-8,11-14H2,1H3,(H,20,25)/t15-/m0/s1. The Morgan fingerprint density at radius 2 is 1.88 bits per heavy atom. The molecule has 1 atom stereocenters. The molecule has 2 heterocycles. The van der Waals surface area contributed by atoms with Gasteiger partial charge in [0.25, 0.3) is 0 Å². The van der Waals surface area contributed by atoms with Crippen molar-refractivity contribution >= 4 is 17.7 Å². The van der Waals surface area contributed by atoms with Crippen molar-refractivity contribution in [1.82, 2.24) is 19.7 Å². The Morgan fingerprint density at radius 1 is 1.19 bits per heavy atom. The number of thioether (sulfide) groups is 1. The molecule has 1 aromatic heterocycles. The summed E-state index contributed by atoms with van der Waals surface area (Å²) in [6.45, 7) is 4.13. The van der Waals surface area contributed by atoms with Crippen LogP contribution in [-0.2, 0) is 17.8 Å². The first kappa shape index (κ1) is 18.8. The van der Waals surface area contributed by atoms with Crippen LogP contribution >= 0.6 is 11.8 Å². The molecule has 1 aliphatic rings. The SMILES string of the molecule is C[C@H](Sc1n[nH]c(=O)n1CCc1ccccc1)C(=O)N1CCCCCC1. The van der Waals surface area contributed by atoms with Crippen LogP contribution in [0, 0.1) is 0 Å². The van der Waals surface area contributed by atoms with E-state index >= 15 is 0 Å². The van der Waals surface area contributed by atoms with Gasteiger partial charge in [0.1, 0.15) is 0 Å². The maximum Gasteiger partial charge on any atom is 0.343 e. The number of rotatable bonds is 6. The number of likely N-dealkylation sites (tertiary alicyclic amines) is 1. The van der Waals surface area contributed by atoms with Crippen LogP contribution in [0.15, 0.2) is 40.3 Å². The smallest absolute Gasteiger partial charge is 0.342 e. The van der Waals surface area contributed by atoms with Crippen LogP contribution in [0.5, 0.6) is 0 Å². The van der Waals surface area contributed by atoms with Crippen LogP contribution in [0.1, 0.15) is 38.2 Å². The molecular weight excluding hydrogens is 348 g/mol. The number of H-pyrrole nitrogens is 1. The fraction of sp³-hybridized carbons (Fsp3) is 0.526. The third kappa shape index (κ3) is 4.78. The lowest BCUT2D eigenvalue weighted by molar-refractivity contribution is -0.130. The monoisotopic (exact) mass is 374 g/mol. The molecule has 0 radical (unpaired) electrons. The van der Waals surface area contributed by atoms with Gasteiger partial charge in [-0.1, -0.05) is 54.9 Å². The molecule has 0 bridgehead atoms. The largest absolute Gasteiger partial charge is 0.343 e. The number of hydrogen-bond donors (Lipinski definition) is 1. The highest BCUT2D eigenvalue weighted by Crippen LogP contribution is 2.23. The lowest BCUT2D eigenvalue weighted by Gasteiger charge is -2.23. The van der Waals surface area contributed by atoms with Crippen LogP contribution in [0.2, 0.25) is 0 Å². The van der Waals surface area contributed by atoms with Crippen molar-refractivity contribution in [3.63, 3.8) is 0 Å². The molecule has 26 heavy (non-hydrogen) atoms. The van der Waals surface area contributed by atoms with E-state index in [9.17, 15) is 9.59 Å². The van der Waals surface area contributed by atoms with Crippen LogP contribution in [0.25, 0.3) is 0 Å². The van der Waals surface area contributed by atoms with Gasteiger partial charge in [-0.2, -0.15) is 0 Å². The minimum atomic E-state index is -0.251. The number of aryl methyl sites for hydroxylation is 1. The summed E-state index contributed by atoms with van der Waals surface area (Å²) in [5, 5.41) is 6.98. The van der Waals surface area contributed by atoms with E-state index in [0.29, 0.717) is 11.7 Å². The van der Waals surface area contributed by atoms with Crippen molar-refractivity contribution in [1.29, 1.82) is 0 Å². The Hall–Kier alpha value is -2.02. The van der Waals surface area contributed by atoms with Crippen LogP contribution in [0.3, 0.4) is 0 Å². The van der Waals surface area contributed by atoms with Gasteiger partial charge in [0.2, 0.25) is 5.91 Å². The highest BCUT2D eigenvalue weighted by atomic mass is 32.2. The molecule has 1 amide bonds. The van der Waals surface area contributed by atoms with Crippen molar-refractivity contribution in [3.05, 3.63) is 46.4 Å². The van der Waals surface area contributed by atoms with E-state index in [1.807, 2.05) is 42.2 Å². The lowest BCUT2D eigenvalue weighted by Crippen LogP contribution is -2.37. The number of hydrogen-bond acceptors (Lipinski definition) is 4. The molecule has 1 aliphatic heterocycles. The number of carbonyl (C=O) groups excluding carboxylic acids is 1. The Bertz CT molecular complexity index is 763. The van der Waals surface area contributed by atoms with Crippen molar-refractivity contribution in [2.24, 2.45) is 0 Å². The van der Waals surface area contributed by atoms with Gasteiger partial charge in [0, 0.05) is 19.6 Å². The van der Waals surface area contributed by atoms with E-state index < -0.39 is 0 Å². The zero-order valence-electron chi connectivity index (χ0n) is 15.2. The molecule has 1 aromatic carbocycles. The van der Waals surface area contributed by atoms with Crippen molar-refractivity contribution in [2.45, 2.75) is 56.0 Å². The molecule has 6 nitrogen and oxygen atoms in total. The molecular formula is C19H26N4O2S. The summed E-state index contributed by atoms with van der Waals surface area (Å²) in [5.41, 5.74) is 0.947. The van der Waals surface area contributed by atoms with Gasteiger partial charge in [-0.3, -0.25) is 9.36 Å². The fourth-order valence-electron chi connectivity index (χ4n) is 3.23. The second-order valence-electron chi connectivity index (χ2n) is 6.70. The first-order valence-electron chi connectivity index (χ1n) is 9.30. The van der Waals surface area contributed by atoms with Crippen LogP contribution < -0.4 is 5.69 Å². The summed E-state index contributed by atoms with van der Waals surface area (Å²) in [4.78, 5) is 26.8. The average molecular weight is 375 g/mol. The highest BCUT2D eigenvalue weighted by Gasteiger charge is 2.24. The fourth-order valence-corrected chi connectivity index (χ4v) is 4.20. The lowest BCUT2D eigenvalue weighted by atomic mass is 10.1. The summed E-state index contributed by atoms with van der Waals surface area (Å²) in [5.74, 6) is 0.141. The summed E-state index contributed by atoms with van der Waals surface area (Å²) in [7, 11) is 0. The number of amides is 1. The van der Waals surface area contributed by atoms with Gasteiger partial charge in [-0.15, -0.1) is 5.10 Å². The van der Waals surface area contributed by atoms with E-state index in [4.69, 9.17) is 0 Å². The average Bonchev–Trinajstić information content (AvgIpc) is 2.86. The molecule has 7 heteroatoms. The normalized spacial score (nSPS) is 16.3. The summed E-state index contributed by atoms with van der Waals surface area (Å²) >= 11 is 1.36. The highest BCUT2D eigenvalue weighted by molar-refractivity contribution is 8.00. The molecule has 1 saturated heterocycles. The van der Waals surface area contributed by atoms with Gasteiger partial charge < -0.3 is 4.90 Å². The second-order valence-corrected chi connectivity index (χ2v) is 8.01. The minimum absolute atomic E-state index is 0.141. The molecule has 1 N–H and O–H groups in total. The van der Waals surface area contributed by atoms with Crippen LogP contribution in [0.4, 0.5) is 0 Å². The van der Waals surface area contributed by atoms with E-state index in [2.05, 4.69) is 10.2 Å². The summed E-state index contributed by atoms with van der Waals surface area (Å²) in [6.07, 6.45) is 5.30. The van der Waals surface area contributed by atoms with E-state index in [0.717, 1.165) is 32.4 Å². The molecule has 0 unspecified atom stereocenters. The van der Waals surface area contributed by atoms with Crippen molar-refractivity contribution in [2.75, 3.05) is 13.1 Å². The van der Waals surface area contributed by atoms with Gasteiger partial charge in [-0.05, 0) is 31.7 Å². The molecule has 0 saturated carbocycles. The number of nitrogens with one attached hydrogen (secondary N) is 1. The predicted molar refractivity (Wildman–Crippen MR) is 103 cm³/mol. The summed E-state index contributed by atoms with van der Waals surface area (Å²) in [6, 6.07) is 10.0. The second kappa shape index (κ2) is 9.07. The first-order chi connectivity index (χ1) is 12.6. The topological polar surface area (TPSA) is 71.0 Å². The Balaban J connectivity index is 1.64. The van der Waals surface area contributed by atoms with Gasteiger partial charge in [0.05, 0.1) is 5.25 Å². The van der Waals surface area contributed by atoms with E-state index in [-0.39, 0.29) is 16.8 Å². The van der Waals surface area contributed by atoms with Crippen LogP contribution in [-0.4, -0.2) is 43.9 Å². The number of benzene rings is 1. The van der Waals surface area contributed by atoms with E-state index in [1.165, 1.54) is 30.2 Å². The first-order valence-corrected chi connectivity index (χ1v) is 10.2. The molecule has 140 valence electrons. The molecule has 1 fully saturated rings. The number of aromatic nitrogens is 3. The quantitative estimate of drug-likeness (QED) is 0.789. The van der Waals surface area contributed by atoms with E-state index in [1.54, 1.807) is 4.57 Å². The predicted octanol–water partition coefficient (Wildman–Crippen LogP) is 2.70. The number of nitrogens with zero attached hydrogens (tertiary/aromatic N) is 3. The molecule has 0 spiro atoms. The van der Waals surface area contributed by atoms with Crippen molar-refractivity contribution in [3.8, 4) is 0 Å². The molecule has 3 rings (SSSR count).